The van der Waals surface area contributed by atoms with Crippen LogP contribution < -0.4 is 5.32 Å². The topological polar surface area (TPSA) is 12.0 Å². The zero-order chi connectivity index (χ0) is 14.7. The summed E-state index contributed by atoms with van der Waals surface area (Å²) in [4.78, 5) is 1.41. The standard InChI is InChI=1S/C18H23NS2/c1-18(2)11-15(12-20-13-18)19-17(16-9-6-10-21-16)14-7-4-3-5-8-14/h3-10,15,17,19H,11-13H2,1-2H3. The van der Waals surface area contributed by atoms with Crippen LogP contribution in [-0.4, -0.2) is 17.5 Å². The van der Waals surface area contributed by atoms with E-state index < -0.39 is 0 Å². The smallest absolute Gasteiger partial charge is 0.0673 e. The first-order valence-corrected chi connectivity index (χ1v) is 9.60. The molecule has 2 unspecified atom stereocenters. The Balaban J connectivity index is 1.80. The van der Waals surface area contributed by atoms with Crippen molar-refractivity contribution in [2.45, 2.75) is 32.4 Å². The van der Waals surface area contributed by atoms with E-state index in [1.54, 1.807) is 0 Å². The molecule has 1 N–H and O–H groups in total. The van der Waals surface area contributed by atoms with Crippen LogP contribution in [0.1, 0.15) is 36.8 Å². The van der Waals surface area contributed by atoms with Gasteiger partial charge in [0.15, 0.2) is 0 Å². The summed E-state index contributed by atoms with van der Waals surface area (Å²) in [6.07, 6.45) is 1.26. The molecule has 3 heteroatoms. The summed E-state index contributed by atoms with van der Waals surface area (Å²) in [7, 11) is 0. The molecule has 1 aromatic heterocycles. The van der Waals surface area contributed by atoms with Crippen LogP contribution in [0.25, 0.3) is 0 Å². The molecule has 1 fully saturated rings. The molecule has 1 aliphatic heterocycles. The second kappa shape index (κ2) is 6.55. The Labute approximate surface area is 136 Å². The van der Waals surface area contributed by atoms with Crippen molar-refractivity contribution in [2.75, 3.05) is 11.5 Å². The van der Waals surface area contributed by atoms with Gasteiger partial charge < -0.3 is 5.32 Å². The van der Waals surface area contributed by atoms with Gasteiger partial charge in [0.1, 0.15) is 0 Å². The molecule has 2 aromatic rings. The van der Waals surface area contributed by atoms with Gasteiger partial charge in [-0.2, -0.15) is 11.8 Å². The van der Waals surface area contributed by atoms with Crippen molar-refractivity contribution in [2.24, 2.45) is 5.41 Å². The third-order valence-electron chi connectivity index (χ3n) is 3.97. The van der Waals surface area contributed by atoms with Gasteiger partial charge in [0.25, 0.3) is 0 Å². The van der Waals surface area contributed by atoms with Gasteiger partial charge in [-0.15, -0.1) is 11.3 Å². The summed E-state index contributed by atoms with van der Waals surface area (Å²) >= 11 is 3.93. The molecular weight excluding hydrogens is 294 g/mol. The molecule has 0 amide bonds. The van der Waals surface area contributed by atoms with Gasteiger partial charge in [0.2, 0.25) is 0 Å². The van der Waals surface area contributed by atoms with Crippen LogP contribution in [0.5, 0.6) is 0 Å². The molecule has 0 radical (unpaired) electrons. The van der Waals surface area contributed by atoms with Crippen molar-refractivity contribution < 1.29 is 0 Å². The maximum absolute atomic E-state index is 3.92. The highest BCUT2D eigenvalue weighted by molar-refractivity contribution is 7.99. The predicted molar refractivity (Wildman–Crippen MR) is 95.3 cm³/mol. The van der Waals surface area contributed by atoms with E-state index in [0.717, 1.165) is 0 Å². The molecule has 21 heavy (non-hydrogen) atoms. The average molecular weight is 318 g/mol. The van der Waals surface area contributed by atoms with Crippen LogP contribution >= 0.6 is 23.1 Å². The first-order chi connectivity index (χ1) is 10.1. The highest BCUT2D eigenvalue weighted by Crippen LogP contribution is 2.35. The highest BCUT2D eigenvalue weighted by atomic mass is 32.2. The van der Waals surface area contributed by atoms with E-state index in [2.05, 4.69) is 78.8 Å². The van der Waals surface area contributed by atoms with E-state index in [0.29, 0.717) is 17.5 Å². The van der Waals surface area contributed by atoms with E-state index in [-0.39, 0.29) is 0 Å². The minimum atomic E-state index is 0.325. The summed E-state index contributed by atoms with van der Waals surface area (Å²) in [5.74, 6) is 2.50. The largest absolute Gasteiger partial charge is 0.302 e. The maximum atomic E-state index is 3.92. The van der Waals surface area contributed by atoms with E-state index in [1.807, 2.05) is 11.3 Å². The van der Waals surface area contributed by atoms with Gasteiger partial charge in [0, 0.05) is 16.7 Å². The second-order valence-electron chi connectivity index (χ2n) is 6.61. The van der Waals surface area contributed by atoms with Crippen molar-refractivity contribution in [1.82, 2.24) is 5.32 Å². The SMILES string of the molecule is CC1(C)CSCC(NC(c2ccccc2)c2cccs2)C1. The molecule has 1 aromatic carbocycles. The number of thiophene rings is 1. The highest BCUT2D eigenvalue weighted by Gasteiger charge is 2.30. The molecule has 0 saturated carbocycles. The predicted octanol–water partition coefficient (Wildman–Crippen LogP) is 4.96. The second-order valence-corrected chi connectivity index (χ2v) is 8.62. The summed E-state index contributed by atoms with van der Waals surface area (Å²) in [5, 5.41) is 6.09. The summed E-state index contributed by atoms with van der Waals surface area (Å²) < 4.78 is 0. The third kappa shape index (κ3) is 3.91. The van der Waals surface area contributed by atoms with Crippen molar-refractivity contribution >= 4 is 23.1 Å². The van der Waals surface area contributed by atoms with E-state index in [9.17, 15) is 0 Å². The fourth-order valence-corrected chi connectivity index (χ4v) is 5.15. The van der Waals surface area contributed by atoms with Gasteiger partial charge in [-0.1, -0.05) is 50.2 Å². The summed E-state index contributed by atoms with van der Waals surface area (Å²) in [6.45, 7) is 4.77. The van der Waals surface area contributed by atoms with E-state index in [4.69, 9.17) is 0 Å². The van der Waals surface area contributed by atoms with Crippen LogP contribution in [0.3, 0.4) is 0 Å². The van der Waals surface area contributed by atoms with Crippen molar-refractivity contribution in [3.05, 3.63) is 58.3 Å². The maximum Gasteiger partial charge on any atom is 0.0673 e. The normalized spacial score (nSPS) is 22.9. The lowest BCUT2D eigenvalue weighted by molar-refractivity contribution is 0.309. The molecule has 2 heterocycles. The Morgan fingerprint density at radius 2 is 1.95 bits per heavy atom. The Kier molecular flexibility index (Phi) is 4.72. The Hall–Kier alpha value is -0.770. The number of benzene rings is 1. The molecule has 1 saturated heterocycles. The molecular formula is C18H23NS2. The first kappa shape index (κ1) is 15.1. The Morgan fingerprint density at radius 3 is 2.62 bits per heavy atom. The van der Waals surface area contributed by atoms with Crippen LogP contribution in [-0.2, 0) is 0 Å². The molecule has 0 spiro atoms. The van der Waals surface area contributed by atoms with Crippen LogP contribution in [0.4, 0.5) is 0 Å². The summed E-state index contributed by atoms with van der Waals surface area (Å²) in [6, 6.07) is 16.1. The van der Waals surface area contributed by atoms with Crippen molar-refractivity contribution in [3.63, 3.8) is 0 Å². The van der Waals surface area contributed by atoms with Gasteiger partial charge in [-0.05, 0) is 34.6 Å². The van der Waals surface area contributed by atoms with E-state index in [1.165, 1.54) is 28.4 Å². The zero-order valence-electron chi connectivity index (χ0n) is 12.7. The van der Waals surface area contributed by atoms with Gasteiger partial charge in [-0.25, -0.2) is 0 Å². The van der Waals surface area contributed by atoms with Gasteiger partial charge in [0.05, 0.1) is 6.04 Å². The zero-order valence-corrected chi connectivity index (χ0v) is 14.3. The lowest BCUT2D eigenvalue weighted by Crippen LogP contribution is -2.42. The minimum Gasteiger partial charge on any atom is -0.302 e. The lowest BCUT2D eigenvalue weighted by atomic mass is 9.87. The fourth-order valence-electron chi connectivity index (χ4n) is 3.05. The number of nitrogens with one attached hydrogen (secondary N) is 1. The third-order valence-corrected chi connectivity index (χ3v) is 6.53. The van der Waals surface area contributed by atoms with Gasteiger partial charge in [-0.3, -0.25) is 0 Å². The number of hydrogen-bond donors (Lipinski definition) is 1. The lowest BCUT2D eigenvalue weighted by Gasteiger charge is -2.37. The van der Waals surface area contributed by atoms with Crippen molar-refractivity contribution in [1.29, 1.82) is 0 Å². The summed E-state index contributed by atoms with van der Waals surface area (Å²) in [5.41, 5.74) is 1.81. The molecule has 3 rings (SSSR count). The molecule has 0 bridgehead atoms. The number of thioether (sulfide) groups is 1. The molecule has 0 aliphatic carbocycles. The minimum absolute atomic E-state index is 0.325. The van der Waals surface area contributed by atoms with Crippen LogP contribution in [0.15, 0.2) is 47.8 Å². The molecule has 2 atom stereocenters. The first-order valence-electron chi connectivity index (χ1n) is 7.56. The Bertz CT molecular complexity index is 548. The van der Waals surface area contributed by atoms with Crippen LogP contribution in [0.2, 0.25) is 0 Å². The molecule has 1 aliphatic rings. The van der Waals surface area contributed by atoms with Crippen LogP contribution in [0, 0.1) is 5.41 Å². The molecule has 1 nitrogen and oxygen atoms in total. The van der Waals surface area contributed by atoms with E-state index >= 15 is 0 Å². The fraction of sp³-hybridized carbons (Fsp3) is 0.444. The quantitative estimate of drug-likeness (QED) is 0.855. The number of rotatable bonds is 4. The van der Waals surface area contributed by atoms with Gasteiger partial charge >= 0.3 is 0 Å². The average Bonchev–Trinajstić information content (AvgIpc) is 2.99. The monoisotopic (exact) mass is 317 g/mol. The Morgan fingerprint density at radius 1 is 1.14 bits per heavy atom. The van der Waals surface area contributed by atoms with Crippen molar-refractivity contribution in [3.8, 4) is 0 Å². The number of hydrogen-bond acceptors (Lipinski definition) is 3. The molecule has 112 valence electrons.